The predicted octanol–water partition coefficient (Wildman–Crippen LogP) is -0.337. The quantitative estimate of drug-likeness (QED) is 0.604. The first kappa shape index (κ1) is 8.86. The van der Waals surface area contributed by atoms with E-state index < -0.39 is 5.69 Å². The minimum Gasteiger partial charge on any atom is -0.360 e. The molecule has 14 heavy (non-hydrogen) atoms. The molecule has 76 valence electrons. The van der Waals surface area contributed by atoms with Crippen molar-refractivity contribution in [2.75, 3.05) is 23.4 Å². The second-order valence-corrected chi connectivity index (χ2v) is 3.23. The highest BCUT2D eigenvalue weighted by Crippen LogP contribution is 2.22. The van der Waals surface area contributed by atoms with E-state index in [1.165, 1.54) is 0 Å². The maximum absolute atomic E-state index is 11.3. The van der Waals surface area contributed by atoms with Crippen LogP contribution in [-0.2, 0) is 0 Å². The number of nitrogens with one attached hydrogen (secondary N) is 3. The molecule has 1 aromatic rings. The fourth-order valence-electron chi connectivity index (χ4n) is 1.59. The van der Waals surface area contributed by atoms with Gasteiger partial charge in [0.2, 0.25) is 0 Å². The fraction of sp³-hybridized carbons (Fsp3) is 0.500. The van der Waals surface area contributed by atoms with Crippen LogP contribution in [0.15, 0.2) is 9.59 Å². The van der Waals surface area contributed by atoms with E-state index in [9.17, 15) is 9.59 Å². The van der Waals surface area contributed by atoms with Crippen molar-refractivity contribution in [3.8, 4) is 0 Å². The molecule has 1 aromatic heterocycles. The summed E-state index contributed by atoms with van der Waals surface area (Å²) in [4.78, 5) is 29.1. The first-order valence-corrected chi connectivity index (χ1v) is 4.57. The van der Waals surface area contributed by atoms with Gasteiger partial charge >= 0.3 is 5.69 Å². The van der Waals surface area contributed by atoms with E-state index >= 15 is 0 Å². The molecule has 0 bridgehead atoms. The second-order valence-electron chi connectivity index (χ2n) is 3.23. The number of hydrogen-bond acceptors (Lipinski definition) is 4. The lowest BCUT2D eigenvalue weighted by molar-refractivity contribution is 0.805. The van der Waals surface area contributed by atoms with Crippen molar-refractivity contribution >= 4 is 11.5 Å². The smallest absolute Gasteiger partial charge is 0.327 e. The Labute approximate surface area is 80.0 Å². The summed E-state index contributed by atoms with van der Waals surface area (Å²) in [6.07, 6.45) is 0.968. The zero-order valence-electron chi connectivity index (χ0n) is 7.89. The number of fused-ring (bicyclic) bond motifs is 1. The van der Waals surface area contributed by atoms with Gasteiger partial charge in [-0.15, -0.1) is 0 Å². The summed E-state index contributed by atoms with van der Waals surface area (Å²) >= 11 is 0. The van der Waals surface area contributed by atoms with Crippen molar-refractivity contribution in [1.29, 1.82) is 0 Å². The van der Waals surface area contributed by atoms with Crippen molar-refractivity contribution in [1.82, 2.24) is 9.97 Å². The lowest BCUT2D eigenvalue weighted by Gasteiger charge is -2.15. The molecule has 0 saturated carbocycles. The summed E-state index contributed by atoms with van der Waals surface area (Å²) < 4.78 is 0. The Morgan fingerprint density at radius 3 is 2.86 bits per heavy atom. The highest BCUT2D eigenvalue weighted by atomic mass is 16.2. The number of H-pyrrole nitrogens is 2. The minimum atomic E-state index is -0.460. The van der Waals surface area contributed by atoms with Gasteiger partial charge in [-0.05, 0) is 6.42 Å². The molecule has 6 heteroatoms. The van der Waals surface area contributed by atoms with Crippen LogP contribution in [0.1, 0.15) is 13.3 Å². The Morgan fingerprint density at radius 1 is 1.36 bits per heavy atom. The molecule has 0 aromatic carbocycles. The Balaban J connectivity index is 2.49. The molecule has 0 atom stereocenters. The molecular weight excluding hydrogens is 184 g/mol. The van der Waals surface area contributed by atoms with E-state index in [0.29, 0.717) is 18.2 Å². The molecule has 0 aliphatic carbocycles. The van der Waals surface area contributed by atoms with Gasteiger partial charge in [0.15, 0.2) is 0 Å². The van der Waals surface area contributed by atoms with Crippen LogP contribution in [-0.4, -0.2) is 23.2 Å². The topological polar surface area (TPSA) is 81.0 Å². The van der Waals surface area contributed by atoms with E-state index in [2.05, 4.69) is 15.3 Å². The third-order valence-electron chi connectivity index (χ3n) is 2.18. The van der Waals surface area contributed by atoms with Crippen LogP contribution in [0.25, 0.3) is 0 Å². The number of anilines is 2. The molecule has 0 saturated heterocycles. The summed E-state index contributed by atoms with van der Waals surface area (Å²) in [7, 11) is 0. The van der Waals surface area contributed by atoms with Crippen LogP contribution in [0.4, 0.5) is 11.5 Å². The maximum atomic E-state index is 11.3. The highest BCUT2D eigenvalue weighted by Gasteiger charge is 2.21. The third-order valence-corrected chi connectivity index (χ3v) is 2.18. The first-order valence-electron chi connectivity index (χ1n) is 4.57. The van der Waals surface area contributed by atoms with Crippen LogP contribution in [0.2, 0.25) is 0 Å². The number of aromatic amines is 2. The van der Waals surface area contributed by atoms with Crippen molar-refractivity contribution in [3.05, 3.63) is 20.8 Å². The van der Waals surface area contributed by atoms with Gasteiger partial charge in [-0.2, -0.15) is 0 Å². The van der Waals surface area contributed by atoms with Gasteiger partial charge in [-0.3, -0.25) is 14.8 Å². The van der Waals surface area contributed by atoms with E-state index in [0.717, 1.165) is 13.0 Å². The number of aromatic nitrogens is 2. The van der Waals surface area contributed by atoms with Crippen molar-refractivity contribution in [2.45, 2.75) is 13.3 Å². The minimum absolute atomic E-state index is 0.359. The molecule has 0 amide bonds. The van der Waals surface area contributed by atoms with E-state index in [-0.39, 0.29) is 5.56 Å². The van der Waals surface area contributed by atoms with Gasteiger partial charge in [0, 0.05) is 6.54 Å². The van der Waals surface area contributed by atoms with Crippen LogP contribution >= 0.6 is 0 Å². The Hall–Kier alpha value is -1.72. The van der Waals surface area contributed by atoms with E-state index in [1.54, 1.807) is 0 Å². The molecule has 2 rings (SSSR count). The van der Waals surface area contributed by atoms with Gasteiger partial charge < -0.3 is 10.2 Å². The van der Waals surface area contributed by atoms with Gasteiger partial charge in [0.05, 0.1) is 6.67 Å². The van der Waals surface area contributed by atoms with Gasteiger partial charge in [-0.25, -0.2) is 4.79 Å². The second kappa shape index (κ2) is 3.21. The first-order chi connectivity index (χ1) is 6.72. The third kappa shape index (κ3) is 1.28. The molecule has 0 unspecified atom stereocenters. The molecule has 6 nitrogen and oxygen atoms in total. The lowest BCUT2D eigenvalue weighted by Crippen LogP contribution is -2.27. The number of nitrogens with zero attached hydrogens (tertiary/aromatic N) is 1. The Kier molecular flexibility index (Phi) is 2.03. The maximum Gasteiger partial charge on any atom is 0.327 e. The summed E-state index contributed by atoms with van der Waals surface area (Å²) in [6, 6.07) is 0. The molecule has 0 radical (unpaired) electrons. The normalized spacial score (nSPS) is 13.9. The Bertz CT molecular complexity index is 447. The van der Waals surface area contributed by atoms with Crippen LogP contribution in [0.3, 0.4) is 0 Å². The van der Waals surface area contributed by atoms with Crippen LogP contribution < -0.4 is 21.5 Å². The average molecular weight is 196 g/mol. The summed E-state index contributed by atoms with van der Waals surface area (Å²) in [5.41, 5.74) is -0.362. The number of hydrogen-bond donors (Lipinski definition) is 3. The van der Waals surface area contributed by atoms with Crippen LogP contribution in [0, 0.1) is 0 Å². The fourth-order valence-corrected chi connectivity index (χ4v) is 1.59. The van der Waals surface area contributed by atoms with Crippen LogP contribution in [0.5, 0.6) is 0 Å². The molecule has 0 fully saturated rings. The van der Waals surface area contributed by atoms with Crippen molar-refractivity contribution < 1.29 is 0 Å². The van der Waals surface area contributed by atoms with Crippen molar-refractivity contribution in [3.63, 3.8) is 0 Å². The molecule has 1 aliphatic rings. The predicted molar refractivity (Wildman–Crippen MR) is 53.8 cm³/mol. The molecular formula is C8H12N4O2. The average Bonchev–Trinajstić information content (AvgIpc) is 2.49. The summed E-state index contributed by atoms with van der Waals surface area (Å²) in [6.45, 7) is 3.44. The standard InChI is InChI=1S/C8H12N4O2/c1-2-3-12-4-9-5-6(12)10-8(14)11-7(5)13/h9H,2-4H2,1H3,(H2,10,11,13,14). The van der Waals surface area contributed by atoms with Gasteiger partial charge in [0.25, 0.3) is 5.56 Å². The zero-order chi connectivity index (χ0) is 10.1. The largest absolute Gasteiger partial charge is 0.360 e. The molecule has 1 aliphatic heterocycles. The number of rotatable bonds is 2. The Morgan fingerprint density at radius 2 is 2.14 bits per heavy atom. The lowest BCUT2D eigenvalue weighted by atomic mass is 10.4. The summed E-state index contributed by atoms with van der Waals surface area (Å²) in [5, 5.41) is 2.94. The summed E-state index contributed by atoms with van der Waals surface area (Å²) in [5.74, 6) is 0.598. The van der Waals surface area contributed by atoms with Gasteiger partial charge in [-0.1, -0.05) is 6.92 Å². The van der Waals surface area contributed by atoms with Crippen molar-refractivity contribution in [2.24, 2.45) is 0 Å². The van der Waals surface area contributed by atoms with E-state index in [4.69, 9.17) is 0 Å². The molecule has 3 N–H and O–H groups in total. The zero-order valence-corrected chi connectivity index (χ0v) is 7.89. The molecule has 2 heterocycles. The van der Waals surface area contributed by atoms with Gasteiger partial charge in [0.1, 0.15) is 11.5 Å². The monoisotopic (exact) mass is 196 g/mol. The van der Waals surface area contributed by atoms with E-state index in [1.807, 2.05) is 11.8 Å². The SMILES string of the molecule is CCCN1CNc2c1[nH]c(=O)[nH]c2=O. The molecule has 0 spiro atoms. The highest BCUT2D eigenvalue weighted by molar-refractivity contribution is 5.69.